The maximum absolute atomic E-state index is 13.3. The number of cyclic esters (lactones) is 1. The van der Waals surface area contributed by atoms with Crippen LogP contribution in [0.1, 0.15) is 83.1 Å². The highest BCUT2D eigenvalue weighted by Crippen LogP contribution is 2.31. The smallest absolute Gasteiger partial charge is 0.329 e. The minimum absolute atomic E-state index is 0.0420. The number of methoxy groups -OCH3 is 1. The van der Waals surface area contributed by atoms with Gasteiger partial charge in [-0.25, -0.2) is 9.78 Å². The number of pyridine rings is 1. The molecule has 1 aliphatic heterocycles. The van der Waals surface area contributed by atoms with E-state index in [2.05, 4.69) is 10.3 Å². The van der Waals surface area contributed by atoms with Crippen LogP contribution in [0.15, 0.2) is 12.3 Å². The van der Waals surface area contributed by atoms with Crippen LogP contribution in [-0.2, 0) is 33.3 Å². The number of rotatable bonds is 11. The molecular formula is C29H42N2O10. The Kier molecular flexibility index (Phi) is 12.2. The quantitative estimate of drug-likeness (QED) is 0.234. The molecule has 4 atom stereocenters. The Hall–Kier alpha value is -3.41. The van der Waals surface area contributed by atoms with E-state index >= 15 is 0 Å². The summed E-state index contributed by atoms with van der Waals surface area (Å²) in [6.07, 6.45) is 4.11. The van der Waals surface area contributed by atoms with Gasteiger partial charge in [-0.05, 0) is 44.9 Å². The molecule has 0 radical (unpaired) electrons. The molecule has 0 unspecified atom stereocenters. The minimum Gasteiger partial charge on any atom is -0.493 e. The number of aromatic nitrogens is 1. The average molecular weight is 579 g/mol. The largest absolute Gasteiger partial charge is 0.493 e. The lowest BCUT2D eigenvalue weighted by Crippen LogP contribution is -2.46. The third-order valence-electron chi connectivity index (χ3n) is 7.06. The van der Waals surface area contributed by atoms with Crippen LogP contribution in [0.5, 0.6) is 11.5 Å². The number of nitrogens with zero attached hydrogens (tertiary/aromatic N) is 1. The van der Waals surface area contributed by atoms with Crippen molar-refractivity contribution in [2.24, 2.45) is 11.8 Å². The second-order valence-corrected chi connectivity index (χ2v) is 10.8. The summed E-state index contributed by atoms with van der Waals surface area (Å²) in [6, 6.07) is 0.481. The fraction of sp³-hybridized carbons (Fsp3) is 0.690. The third kappa shape index (κ3) is 9.31. The van der Waals surface area contributed by atoms with Crippen LogP contribution in [0.2, 0.25) is 0 Å². The Morgan fingerprint density at radius 2 is 1.85 bits per heavy atom. The Balaban J connectivity index is 1.77. The van der Waals surface area contributed by atoms with Gasteiger partial charge in [0.05, 0.1) is 19.1 Å². The van der Waals surface area contributed by atoms with Gasteiger partial charge in [0.25, 0.3) is 5.91 Å². The van der Waals surface area contributed by atoms with E-state index in [4.69, 9.17) is 28.4 Å². The first-order chi connectivity index (χ1) is 19.6. The van der Waals surface area contributed by atoms with E-state index in [1.165, 1.54) is 26.3 Å². The summed E-state index contributed by atoms with van der Waals surface area (Å²) in [4.78, 5) is 54.7. The molecule has 1 aliphatic carbocycles. The van der Waals surface area contributed by atoms with Crippen molar-refractivity contribution in [3.63, 3.8) is 0 Å². The van der Waals surface area contributed by atoms with Crippen LogP contribution in [0.4, 0.5) is 0 Å². The summed E-state index contributed by atoms with van der Waals surface area (Å²) >= 11 is 0. The van der Waals surface area contributed by atoms with Crippen molar-refractivity contribution in [3.05, 3.63) is 18.0 Å². The molecule has 228 valence electrons. The van der Waals surface area contributed by atoms with E-state index in [0.717, 1.165) is 25.7 Å². The maximum Gasteiger partial charge on any atom is 0.329 e. The first kappa shape index (κ1) is 32.1. The molecule has 1 saturated heterocycles. The summed E-state index contributed by atoms with van der Waals surface area (Å²) in [7, 11) is 1.39. The molecule has 1 N–H and O–H groups in total. The number of hydrogen-bond acceptors (Lipinski definition) is 11. The van der Waals surface area contributed by atoms with E-state index < -0.39 is 49.0 Å². The first-order valence-corrected chi connectivity index (χ1v) is 14.2. The molecule has 2 heterocycles. The van der Waals surface area contributed by atoms with Gasteiger partial charge in [0.15, 0.2) is 23.3 Å². The van der Waals surface area contributed by atoms with Gasteiger partial charge in [0.1, 0.15) is 12.1 Å². The lowest BCUT2D eigenvalue weighted by Gasteiger charge is -2.32. The highest BCUT2D eigenvalue weighted by atomic mass is 16.7. The zero-order valence-electron chi connectivity index (χ0n) is 24.5. The van der Waals surface area contributed by atoms with Crippen molar-refractivity contribution >= 4 is 23.8 Å². The molecule has 2 aliphatic rings. The normalized spacial score (nSPS) is 23.5. The van der Waals surface area contributed by atoms with Crippen molar-refractivity contribution in [1.82, 2.24) is 10.3 Å². The molecule has 3 rings (SSSR count). The lowest BCUT2D eigenvalue weighted by atomic mass is 10.0. The second-order valence-electron chi connectivity index (χ2n) is 10.8. The van der Waals surface area contributed by atoms with Crippen LogP contribution < -0.4 is 14.8 Å². The Morgan fingerprint density at radius 3 is 2.51 bits per heavy atom. The van der Waals surface area contributed by atoms with Crippen molar-refractivity contribution < 1.29 is 47.6 Å². The van der Waals surface area contributed by atoms with E-state index in [1.54, 1.807) is 6.92 Å². The van der Waals surface area contributed by atoms with Crippen LogP contribution in [-0.4, -0.2) is 73.7 Å². The summed E-state index contributed by atoms with van der Waals surface area (Å²) in [5, 5.41) is 2.69. The van der Waals surface area contributed by atoms with Crippen LogP contribution in [0.3, 0.4) is 0 Å². The fourth-order valence-electron chi connectivity index (χ4n) is 4.92. The monoisotopic (exact) mass is 578 g/mol. The number of ether oxygens (including phenoxy) is 6. The van der Waals surface area contributed by atoms with Gasteiger partial charge >= 0.3 is 17.9 Å². The lowest BCUT2D eigenvalue weighted by molar-refractivity contribution is -0.183. The molecule has 1 aromatic rings. The molecule has 1 saturated carbocycles. The van der Waals surface area contributed by atoms with Gasteiger partial charge in [0.2, 0.25) is 6.79 Å². The predicted molar refractivity (Wildman–Crippen MR) is 145 cm³/mol. The highest BCUT2D eigenvalue weighted by Gasteiger charge is 2.39. The van der Waals surface area contributed by atoms with Gasteiger partial charge in [0, 0.05) is 25.8 Å². The predicted octanol–water partition coefficient (Wildman–Crippen LogP) is 3.35. The zero-order chi connectivity index (χ0) is 29.9. The topological polar surface area (TPSA) is 149 Å². The Morgan fingerprint density at radius 1 is 1.12 bits per heavy atom. The number of amides is 1. The van der Waals surface area contributed by atoms with Crippen LogP contribution in [0, 0.1) is 11.8 Å². The number of esters is 3. The molecule has 2 fully saturated rings. The minimum atomic E-state index is -1.01. The summed E-state index contributed by atoms with van der Waals surface area (Å²) in [6.45, 7) is 6.95. The maximum atomic E-state index is 13.3. The van der Waals surface area contributed by atoms with Crippen LogP contribution >= 0.6 is 0 Å². The SMILES string of the molecule is COc1ccnc(C(=O)N[C@H]2CCC[C@H](OCC(C)C)[C@@H](OC(=O)C3CCCC3)[C@H](C)OC2=O)c1OCOC(C)=O. The summed E-state index contributed by atoms with van der Waals surface area (Å²) in [5.74, 6) is -1.97. The average Bonchev–Trinajstić information content (AvgIpc) is 3.48. The molecule has 41 heavy (non-hydrogen) atoms. The van der Waals surface area contributed by atoms with Gasteiger partial charge in [-0.3, -0.25) is 14.4 Å². The molecule has 1 aromatic heterocycles. The highest BCUT2D eigenvalue weighted by molar-refractivity contribution is 5.98. The van der Waals surface area contributed by atoms with E-state index in [1.807, 2.05) is 13.8 Å². The standard InChI is InChI=1S/C29H42N2O10/c1-17(2)15-37-23-12-8-11-21(29(35)40-18(3)25(23)41-28(34)20-9-6-7-10-20)31-27(33)24-26(39-16-38-19(4)32)22(36-5)13-14-30-24/h13-14,17-18,20-21,23,25H,6-12,15-16H2,1-5H3,(H,31,33)/t18-,21-,23-,25-/m0/s1. The molecule has 12 heteroatoms. The van der Waals surface area contributed by atoms with Gasteiger partial charge < -0.3 is 33.7 Å². The Labute approximate surface area is 240 Å². The third-order valence-corrected chi connectivity index (χ3v) is 7.06. The van der Waals surface area contributed by atoms with Gasteiger partial charge in [-0.15, -0.1) is 0 Å². The number of carbonyl (C=O) groups excluding carboxylic acids is 4. The van der Waals surface area contributed by atoms with E-state index in [0.29, 0.717) is 19.4 Å². The Bertz CT molecular complexity index is 1060. The van der Waals surface area contributed by atoms with Crippen LogP contribution in [0.25, 0.3) is 0 Å². The van der Waals surface area contributed by atoms with Gasteiger partial charge in [-0.1, -0.05) is 26.7 Å². The molecular weight excluding hydrogens is 536 g/mol. The number of carbonyl (C=O) groups is 4. The molecule has 0 spiro atoms. The van der Waals surface area contributed by atoms with Crippen molar-refractivity contribution in [1.29, 1.82) is 0 Å². The van der Waals surface area contributed by atoms with E-state index in [-0.39, 0.29) is 41.4 Å². The molecule has 12 nitrogen and oxygen atoms in total. The zero-order valence-corrected chi connectivity index (χ0v) is 24.5. The van der Waals surface area contributed by atoms with Gasteiger partial charge in [-0.2, -0.15) is 0 Å². The molecule has 0 aromatic carbocycles. The second kappa shape index (κ2) is 15.6. The molecule has 0 bridgehead atoms. The number of hydrogen-bond donors (Lipinski definition) is 1. The van der Waals surface area contributed by atoms with Crippen molar-refractivity contribution in [2.45, 2.75) is 97.0 Å². The summed E-state index contributed by atoms with van der Waals surface area (Å²) < 4.78 is 33.4. The fourth-order valence-corrected chi connectivity index (χ4v) is 4.92. The van der Waals surface area contributed by atoms with Crippen molar-refractivity contribution in [2.75, 3.05) is 20.5 Å². The number of nitrogens with one attached hydrogen (secondary N) is 1. The summed E-state index contributed by atoms with van der Waals surface area (Å²) in [5.41, 5.74) is -0.154. The van der Waals surface area contributed by atoms with Crippen molar-refractivity contribution in [3.8, 4) is 11.5 Å². The first-order valence-electron chi connectivity index (χ1n) is 14.2. The van der Waals surface area contributed by atoms with E-state index in [9.17, 15) is 19.2 Å². The molecule has 1 amide bonds.